The fraction of sp³-hybridized carbons (Fsp3) is 0.500. The average Bonchev–Trinajstić information content (AvgIpc) is 1.41. The lowest BCUT2D eigenvalue weighted by molar-refractivity contribution is 1.34. The van der Waals surface area contributed by atoms with Gasteiger partial charge in [0, 0.05) is 10.8 Å². The van der Waals surface area contributed by atoms with Gasteiger partial charge in [-0.1, -0.05) is 22.6 Å². The summed E-state index contributed by atoms with van der Waals surface area (Å²) in [6.07, 6.45) is 5.79. The smallest absolute Gasteiger partial charge is 0.0176 e. The van der Waals surface area contributed by atoms with Crippen molar-refractivity contribution in [2.45, 2.75) is 6.42 Å². The second-order valence-electron chi connectivity index (χ2n) is 0.643. The van der Waals surface area contributed by atoms with Gasteiger partial charge >= 0.3 is 0 Å². The molecule has 0 heterocycles. The van der Waals surface area contributed by atoms with Crippen LogP contribution in [0.15, 0.2) is 0 Å². The highest BCUT2D eigenvalue weighted by molar-refractivity contribution is 14.1. The van der Waals surface area contributed by atoms with Gasteiger partial charge in [-0.2, -0.15) is 0 Å². The number of hydrogen-bond donors (Lipinski definition) is 0. The van der Waals surface area contributed by atoms with Crippen molar-refractivity contribution in [3.63, 3.8) is 0 Å². The monoisotopic (exact) mass is 180 g/mol. The molecule has 0 saturated heterocycles. The van der Waals surface area contributed by atoms with Gasteiger partial charge in [-0.3, -0.25) is 0 Å². The SMILES string of the molecule is C#CCCI. The summed E-state index contributed by atoms with van der Waals surface area (Å²) in [5, 5.41) is 0. The van der Waals surface area contributed by atoms with Crippen LogP contribution in [0.25, 0.3) is 0 Å². The predicted molar refractivity (Wildman–Crippen MR) is 32.3 cm³/mol. The molecule has 0 fully saturated rings. The van der Waals surface area contributed by atoms with Crippen molar-refractivity contribution >= 4 is 22.6 Å². The molecule has 0 aliphatic rings. The number of rotatable bonds is 1. The molecule has 0 radical (unpaired) electrons. The van der Waals surface area contributed by atoms with E-state index in [1.807, 2.05) is 0 Å². The lowest BCUT2D eigenvalue weighted by Crippen LogP contribution is -1.59. The molecule has 0 nitrogen and oxygen atoms in total. The highest BCUT2D eigenvalue weighted by Crippen LogP contribution is 1.82. The summed E-state index contributed by atoms with van der Waals surface area (Å²) in [7, 11) is 0. The van der Waals surface area contributed by atoms with Gasteiger partial charge < -0.3 is 0 Å². The second-order valence-corrected chi connectivity index (χ2v) is 1.72. The molecule has 0 aromatic rings. The van der Waals surface area contributed by atoms with Gasteiger partial charge in [0.05, 0.1) is 0 Å². The van der Waals surface area contributed by atoms with E-state index in [4.69, 9.17) is 6.42 Å². The third-order valence-corrected chi connectivity index (χ3v) is 0.778. The summed E-state index contributed by atoms with van der Waals surface area (Å²) >= 11 is 2.24. The van der Waals surface area contributed by atoms with Gasteiger partial charge in [-0.25, -0.2) is 0 Å². The molecular weight excluding hydrogens is 175 g/mol. The van der Waals surface area contributed by atoms with Crippen molar-refractivity contribution < 1.29 is 0 Å². The molecule has 0 rings (SSSR count). The first-order valence-corrected chi connectivity index (χ1v) is 2.94. The second kappa shape index (κ2) is 4.29. The maximum absolute atomic E-state index is 4.88. The van der Waals surface area contributed by atoms with Gasteiger partial charge in [0.1, 0.15) is 0 Å². The fourth-order valence-corrected chi connectivity index (χ4v) is 0.366. The molecule has 0 aromatic carbocycles. The molecule has 0 aromatic heterocycles. The Kier molecular flexibility index (Phi) is 4.54. The van der Waals surface area contributed by atoms with Crippen LogP contribution in [0.2, 0.25) is 0 Å². The molecule has 0 aliphatic carbocycles. The maximum Gasteiger partial charge on any atom is 0.0176 e. The van der Waals surface area contributed by atoms with Crippen molar-refractivity contribution in [3.8, 4) is 12.3 Å². The van der Waals surface area contributed by atoms with E-state index in [9.17, 15) is 0 Å². The Balaban J connectivity index is 2.48. The molecule has 5 heavy (non-hydrogen) atoms. The molecule has 28 valence electrons. The number of terminal acetylenes is 1. The van der Waals surface area contributed by atoms with E-state index >= 15 is 0 Å². The maximum atomic E-state index is 4.88. The molecule has 0 unspecified atom stereocenters. The van der Waals surface area contributed by atoms with E-state index in [-0.39, 0.29) is 0 Å². The van der Waals surface area contributed by atoms with E-state index in [1.54, 1.807) is 0 Å². The van der Waals surface area contributed by atoms with E-state index < -0.39 is 0 Å². The molecule has 0 atom stereocenters. The Morgan fingerprint density at radius 1 is 1.80 bits per heavy atom. The van der Waals surface area contributed by atoms with Crippen molar-refractivity contribution in [2.24, 2.45) is 0 Å². The summed E-state index contributed by atoms with van der Waals surface area (Å²) in [6, 6.07) is 0. The summed E-state index contributed by atoms with van der Waals surface area (Å²) < 4.78 is 1.08. The average molecular weight is 180 g/mol. The lowest BCUT2D eigenvalue weighted by Gasteiger charge is -1.67. The van der Waals surface area contributed by atoms with Crippen LogP contribution in [0, 0.1) is 12.3 Å². The minimum absolute atomic E-state index is 0.903. The standard InChI is InChI=1S/C4H5I/c1-2-3-4-5/h1H,3-4H2. The van der Waals surface area contributed by atoms with Gasteiger partial charge in [0.25, 0.3) is 0 Å². The third kappa shape index (κ3) is 4.29. The van der Waals surface area contributed by atoms with Crippen molar-refractivity contribution in [3.05, 3.63) is 0 Å². The Morgan fingerprint density at radius 3 is 2.40 bits per heavy atom. The fourth-order valence-electron chi connectivity index (χ4n) is 0.0546. The van der Waals surface area contributed by atoms with Gasteiger partial charge in [-0.05, 0) is 0 Å². The summed E-state index contributed by atoms with van der Waals surface area (Å²) in [4.78, 5) is 0. The van der Waals surface area contributed by atoms with Crippen LogP contribution < -0.4 is 0 Å². The zero-order valence-corrected chi connectivity index (χ0v) is 5.03. The lowest BCUT2D eigenvalue weighted by atomic mass is 10.5. The molecule has 0 spiro atoms. The Hall–Kier alpha value is 0.290. The van der Waals surface area contributed by atoms with Crippen LogP contribution in [-0.4, -0.2) is 4.43 Å². The molecule has 0 bridgehead atoms. The van der Waals surface area contributed by atoms with E-state index in [0.717, 1.165) is 10.8 Å². The van der Waals surface area contributed by atoms with E-state index in [2.05, 4.69) is 28.5 Å². The Morgan fingerprint density at radius 2 is 2.40 bits per heavy atom. The quantitative estimate of drug-likeness (QED) is 0.325. The van der Waals surface area contributed by atoms with Crippen molar-refractivity contribution in [2.75, 3.05) is 4.43 Å². The third-order valence-electron chi connectivity index (χ3n) is 0.239. The largest absolute Gasteiger partial charge is 0.120 e. The number of hydrogen-bond acceptors (Lipinski definition) is 0. The first kappa shape index (κ1) is 5.29. The van der Waals surface area contributed by atoms with Crippen LogP contribution in [0.3, 0.4) is 0 Å². The zero-order valence-electron chi connectivity index (χ0n) is 2.87. The van der Waals surface area contributed by atoms with Crippen LogP contribution >= 0.6 is 22.6 Å². The molecule has 0 amide bonds. The summed E-state index contributed by atoms with van der Waals surface area (Å²) in [6.45, 7) is 0. The molecule has 0 saturated carbocycles. The summed E-state index contributed by atoms with van der Waals surface area (Å²) in [5.74, 6) is 2.51. The first-order chi connectivity index (χ1) is 2.41. The van der Waals surface area contributed by atoms with Crippen LogP contribution in [0.4, 0.5) is 0 Å². The number of alkyl halides is 1. The topological polar surface area (TPSA) is 0 Å². The Bertz CT molecular complexity index is 42.1. The molecule has 0 aliphatic heterocycles. The Labute approximate surface area is 46.1 Å². The van der Waals surface area contributed by atoms with Crippen LogP contribution in [0.5, 0.6) is 0 Å². The van der Waals surface area contributed by atoms with Gasteiger partial charge in [0.15, 0.2) is 0 Å². The zero-order chi connectivity index (χ0) is 4.12. The highest BCUT2D eigenvalue weighted by Gasteiger charge is 1.63. The summed E-state index contributed by atoms with van der Waals surface area (Å²) in [5.41, 5.74) is 0. The highest BCUT2D eigenvalue weighted by atomic mass is 127. The first-order valence-electron chi connectivity index (χ1n) is 1.41. The normalized spacial score (nSPS) is 6.40. The number of halogens is 1. The van der Waals surface area contributed by atoms with Crippen LogP contribution in [0.1, 0.15) is 6.42 Å². The van der Waals surface area contributed by atoms with Crippen LogP contribution in [-0.2, 0) is 0 Å². The van der Waals surface area contributed by atoms with Crippen molar-refractivity contribution in [1.82, 2.24) is 0 Å². The molecular formula is C4H5I. The van der Waals surface area contributed by atoms with E-state index in [0.29, 0.717) is 0 Å². The minimum atomic E-state index is 0.903. The molecule has 1 heteroatoms. The molecule has 0 N–H and O–H groups in total. The van der Waals surface area contributed by atoms with Gasteiger partial charge in [-0.15, -0.1) is 12.3 Å². The van der Waals surface area contributed by atoms with Crippen molar-refractivity contribution in [1.29, 1.82) is 0 Å². The van der Waals surface area contributed by atoms with Gasteiger partial charge in [0.2, 0.25) is 0 Å². The minimum Gasteiger partial charge on any atom is -0.120 e. The predicted octanol–water partition coefficient (Wildman–Crippen LogP) is 1.44. The van der Waals surface area contributed by atoms with E-state index in [1.165, 1.54) is 0 Å².